The van der Waals surface area contributed by atoms with E-state index in [-0.39, 0.29) is 59.5 Å². The van der Waals surface area contributed by atoms with E-state index >= 15 is 0 Å². The van der Waals surface area contributed by atoms with Gasteiger partial charge in [-0.2, -0.15) is 0 Å². The van der Waals surface area contributed by atoms with Gasteiger partial charge in [0.15, 0.2) is 12.6 Å². The standard InChI is InChI=1S/C47H77NO13/c1-25(2)27-14-19-47(42(57)48-22-10-8-9-11-33(51)52)21-20-45(6)28(34(27)47)12-13-31-43(4)17-16-32(44(5,24-49)30(43)15-18-46(31,45)7)60-41-39(36(54)29(50)23-58-41)61-40-38(56)37(55)35(53)26(3)59-40/h26-32,34-41,49-50,53-56H,1,8-24H2,2-7H3,(H,48,57)(H,51,52)/t26-,27-,28+,29-,30+,31+,32-,34+,35-,36-,37+,38+,39+,40-,41-,43-,44-,45+,46+,47-/m0/s1. The largest absolute Gasteiger partial charge is 0.481 e. The summed E-state index contributed by atoms with van der Waals surface area (Å²) >= 11 is 0. The molecule has 0 unspecified atom stereocenters. The molecule has 2 saturated heterocycles. The Morgan fingerprint density at radius 1 is 0.787 bits per heavy atom. The average Bonchev–Trinajstić information content (AvgIpc) is 3.62. The lowest BCUT2D eigenvalue weighted by molar-refractivity contribution is -0.366. The number of carboxylic acid groups (broad SMARTS) is 1. The van der Waals surface area contributed by atoms with Crippen LogP contribution in [0.15, 0.2) is 12.2 Å². The van der Waals surface area contributed by atoms with Crippen molar-refractivity contribution in [1.82, 2.24) is 5.32 Å². The van der Waals surface area contributed by atoms with E-state index in [2.05, 4.69) is 46.5 Å². The zero-order valence-electron chi connectivity index (χ0n) is 37.5. The molecule has 1 amide bonds. The average molecular weight is 864 g/mol. The highest BCUT2D eigenvalue weighted by molar-refractivity contribution is 5.84. The number of ether oxygens (including phenoxy) is 4. The van der Waals surface area contributed by atoms with E-state index in [0.717, 1.165) is 70.6 Å². The van der Waals surface area contributed by atoms with Crippen molar-refractivity contribution >= 4 is 11.9 Å². The van der Waals surface area contributed by atoms with Crippen LogP contribution >= 0.6 is 0 Å². The van der Waals surface area contributed by atoms with Gasteiger partial charge in [-0.05, 0) is 137 Å². The fourth-order valence-corrected chi connectivity index (χ4v) is 15.2. The fourth-order valence-electron chi connectivity index (χ4n) is 15.2. The van der Waals surface area contributed by atoms with Gasteiger partial charge in [0.2, 0.25) is 5.91 Å². The Morgan fingerprint density at radius 3 is 2.21 bits per heavy atom. The van der Waals surface area contributed by atoms with Crippen LogP contribution in [-0.4, -0.2) is 129 Å². The molecule has 348 valence electrons. The minimum atomic E-state index is -1.63. The summed E-state index contributed by atoms with van der Waals surface area (Å²) in [5.41, 5.74) is -0.108. The lowest BCUT2D eigenvalue weighted by Crippen LogP contribution is -2.68. The molecular formula is C47H77NO13. The van der Waals surface area contributed by atoms with Crippen molar-refractivity contribution in [3.05, 3.63) is 12.2 Å². The van der Waals surface area contributed by atoms with Crippen LogP contribution in [0.1, 0.15) is 131 Å². The molecule has 0 aromatic heterocycles. The van der Waals surface area contributed by atoms with Gasteiger partial charge < -0.3 is 60.0 Å². The number of rotatable bonds is 13. The number of hydrogen-bond donors (Lipinski definition) is 8. The first-order valence-corrected chi connectivity index (χ1v) is 23.4. The Labute approximate surface area is 362 Å². The Morgan fingerprint density at radius 2 is 1.52 bits per heavy atom. The summed E-state index contributed by atoms with van der Waals surface area (Å²) in [6.45, 7) is 18.0. The van der Waals surface area contributed by atoms with Crippen molar-refractivity contribution < 1.29 is 64.3 Å². The van der Waals surface area contributed by atoms with E-state index in [4.69, 9.17) is 24.1 Å². The molecule has 2 aliphatic heterocycles. The zero-order chi connectivity index (χ0) is 44.4. The van der Waals surface area contributed by atoms with E-state index in [9.17, 15) is 40.2 Å². The molecule has 61 heavy (non-hydrogen) atoms. The Bertz CT molecular complexity index is 1620. The van der Waals surface area contributed by atoms with E-state index in [1.54, 1.807) is 0 Å². The molecule has 0 aromatic carbocycles. The minimum absolute atomic E-state index is 0.0119. The molecule has 0 aromatic rings. The highest BCUT2D eigenvalue weighted by Gasteiger charge is 2.72. The normalized spacial score (nSPS) is 50.7. The molecule has 14 heteroatoms. The van der Waals surface area contributed by atoms with Crippen LogP contribution in [0.25, 0.3) is 0 Å². The third-order valence-corrected chi connectivity index (χ3v) is 18.8. The SMILES string of the molecule is C=C(C)[C@@H]1CC[C@]2(C(=O)NCCCCCC(=O)O)CC[C@]3(C)[C@H](CC[C@@H]4[C@@]5(C)CC[C@H](O[C@@H]6OC[C@H](O)[C@H](O)[C@H]6O[C@@H]6O[C@@H](C)[C@H](O)[C@@H](O)[C@H]6O)[C@@](C)(CO)[C@@H]5CC[C@]43C)[C@@H]12. The van der Waals surface area contributed by atoms with Gasteiger partial charge in [-0.25, -0.2) is 0 Å². The molecule has 0 spiro atoms. The summed E-state index contributed by atoms with van der Waals surface area (Å²) in [6.07, 6.45) is -1.21. The van der Waals surface area contributed by atoms with Crippen molar-refractivity contribution in [2.45, 2.75) is 193 Å². The molecule has 20 atom stereocenters. The van der Waals surface area contributed by atoms with Gasteiger partial charge in [-0.15, -0.1) is 0 Å². The summed E-state index contributed by atoms with van der Waals surface area (Å²) in [5.74, 6) is 0.708. The predicted molar refractivity (Wildman–Crippen MR) is 223 cm³/mol. The summed E-state index contributed by atoms with van der Waals surface area (Å²) in [7, 11) is 0. The smallest absolute Gasteiger partial charge is 0.303 e. The summed E-state index contributed by atoms with van der Waals surface area (Å²) in [4.78, 5) is 25.4. The third-order valence-electron chi connectivity index (χ3n) is 18.8. The summed E-state index contributed by atoms with van der Waals surface area (Å²) < 4.78 is 24.5. The second-order valence-electron chi connectivity index (χ2n) is 21.7. The lowest BCUT2D eigenvalue weighted by atomic mass is 9.32. The van der Waals surface area contributed by atoms with E-state index in [0.29, 0.717) is 31.2 Å². The first kappa shape index (κ1) is 47.2. The van der Waals surface area contributed by atoms with E-state index < -0.39 is 78.2 Å². The van der Waals surface area contributed by atoms with Crippen molar-refractivity contribution in [3.63, 3.8) is 0 Å². The number of unbranched alkanes of at least 4 members (excludes halogenated alkanes) is 2. The molecule has 7 fully saturated rings. The van der Waals surface area contributed by atoms with Crippen LogP contribution in [0.3, 0.4) is 0 Å². The summed E-state index contributed by atoms with van der Waals surface area (Å²) in [6, 6.07) is 0. The number of hydrogen-bond acceptors (Lipinski definition) is 12. The maximum Gasteiger partial charge on any atom is 0.303 e. The van der Waals surface area contributed by atoms with Gasteiger partial charge in [-0.3, -0.25) is 9.59 Å². The molecule has 0 radical (unpaired) electrons. The number of nitrogens with one attached hydrogen (secondary N) is 1. The van der Waals surface area contributed by atoms with Crippen molar-refractivity contribution in [2.24, 2.45) is 56.7 Å². The summed E-state index contributed by atoms with van der Waals surface area (Å²) in [5, 5.41) is 77.0. The number of allylic oxidation sites excluding steroid dienone is 1. The van der Waals surface area contributed by atoms with Crippen molar-refractivity contribution in [3.8, 4) is 0 Å². The third kappa shape index (κ3) is 7.76. The molecule has 14 nitrogen and oxygen atoms in total. The van der Waals surface area contributed by atoms with Gasteiger partial charge >= 0.3 is 5.97 Å². The van der Waals surface area contributed by atoms with E-state index in [1.807, 2.05) is 0 Å². The van der Waals surface area contributed by atoms with Crippen LogP contribution in [0.5, 0.6) is 0 Å². The number of aliphatic hydroxyl groups excluding tert-OH is 6. The minimum Gasteiger partial charge on any atom is -0.481 e. The highest BCUT2D eigenvalue weighted by atomic mass is 16.8. The van der Waals surface area contributed by atoms with Gasteiger partial charge in [-0.1, -0.05) is 46.3 Å². The Balaban J connectivity index is 1.09. The number of fused-ring (bicyclic) bond motifs is 7. The van der Waals surface area contributed by atoms with Crippen LogP contribution in [0, 0.1) is 56.7 Å². The zero-order valence-corrected chi connectivity index (χ0v) is 37.5. The van der Waals surface area contributed by atoms with Gasteiger partial charge in [0.05, 0.1) is 30.8 Å². The number of amides is 1. The van der Waals surface area contributed by atoms with Gasteiger partial charge in [0.25, 0.3) is 0 Å². The molecule has 0 bridgehead atoms. The molecule has 7 aliphatic rings. The quantitative estimate of drug-likeness (QED) is 0.0745. The lowest BCUT2D eigenvalue weighted by Gasteiger charge is -2.73. The topological polar surface area (TPSA) is 225 Å². The maximum absolute atomic E-state index is 14.4. The van der Waals surface area contributed by atoms with Crippen molar-refractivity contribution in [2.75, 3.05) is 19.8 Å². The Kier molecular flexibility index (Phi) is 13.6. The fraction of sp³-hybridized carbons (Fsp3) is 0.915. The Hall–Kier alpha value is -1.72. The number of carbonyl (C=O) groups is 2. The van der Waals surface area contributed by atoms with E-state index in [1.165, 1.54) is 12.5 Å². The van der Waals surface area contributed by atoms with Crippen LogP contribution < -0.4 is 5.32 Å². The molecule has 7 rings (SSSR count). The number of aliphatic carboxylic acids is 1. The van der Waals surface area contributed by atoms with Gasteiger partial charge in [0.1, 0.15) is 36.6 Å². The molecular weight excluding hydrogens is 787 g/mol. The number of aliphatic hydroxyl groups is 6. The van der Waals surface area contributed by atoms with Crippen LogP contribution in [0.4, 0.5) is 0 Å². The van der Waals surface area contributed by atoms with Crippen molar-refractivity contribution in [1.29, 1.82) is 0 Å². The second-order valence-corrected chi connectivity index (χ2v) is 21.7. The molecule has 8 N–H and O–H groups in total. The molecule has 5 saturated carbocycles. The second kappa shape index (κ2) is 17.6. The maximum atomic E-state index is 14.4. The number of carbonyl (C=O) groups excluding carboxylic acids is 1. The van der Waals surface area contributed by atoms with Crippen LogP contribution in [-0.2, 0) is 28.5 Å². The number of carboxylic acids is 1. The highest BCUT2D eigenvalue weighted by Crippen LogP contribution is 2.77. The van der Waals surface area contributed by atoms with Gasteiger partial charge in [0, 0.05) is 18.4 Å². The van der Waals surface area contributed by atoms with Crippen LogP contribution in [0.2, 0.25) is 0 Å². The predicted octanol–water partition coefficient (Wildman–Crippen LogP) is 4.05. The monoisotopic (exact) mass is 864 g/mol. The molecule has 5 aliphatic carbocycles. The first-order valence-electron chi connectivity index (χ1n) is 23.4. The molecule has 2 heterocycles. The first-order chi connectivity index (χ1) is 28.7.